The van der Waals surface area contributed by atoms with Gasteiger partial charge in [-0.2, -0.15) is 5.26 Å². The maximum Gasteiger partial charge on any atom is 0.125 e. The van der Waals surface area contributed by atoms with Gasteiger partial charge in [-0.25, -0.2) is 4.39 Å². The molecule has 0 spiro atoms. The van der Waals surface area contributed by atoms with Crippen molar-refractivity contribution in [2.45, 2.75) is 6.42 Å². The van der Waals surface area contributed by atoms with E-state index >= 15 is 0 Å². The molecule has 3 heteroatoms. The molecule has 0 heterocycles. The lowest BCUT2D eigenvalue weighted by Gasteiger charge is -2.17. The molecule has 2 nitrogen and oxygen atoms in total. The normalized spacial score (nSPS) is 9.31. The molecule has 0 aromatic heterocycles. The Kier molecular flexibility index (Phi) is 3.27. The fourth-order valence-corrected chi connectivity index (χ4v) is 1.06. The summed E-state index contributed by atoms with van der Waals surface area (Å²) >= 11 is 0. The Labute approximate surface area is 77.2 Å². The van der Waals surface area contributed by atoms with Gasteiger partial charge < -0.3 is 4.90 Å². The van der Waals surface area contributed by atoms with Gasteiger partial charge in [0.05, 0.1) is 12.5 Å². The average Bonchev–Trinajstić information content (AvgIpc) is 2.14. The molecule has 0 aliphatic carbocycles. The van der Waals surface area contributed by atoms with Crippen LogP contribution in [0.3, 0.4) is 0 Å². The van der Waals surface area contributed by atoms with Gasteiger partial charge in [0.15, 0.2) is 0 Å². The van der Waals surface area contributed by atoms with Crippen molar-refractivity contribution in [2.24, 2.45) is 0 Å². The summed E-state index contributed by atoms with van der Waals surface area (Å²) in [6.07, 6.45) is 0.451. The quantitative estimate of drug-likeness (QED) is 0.709. The van der Waals surface area contributed by atoms with Crippen LogP contribution < -0.4 is 4.90 Å². The molecule has 0 atom stereocenters. The molecule has 0 bridgehead atoms. The summed E-state index contributed by atoms with van der Waals surface area (Å²) in [7, 11) is 1.84. The van der Waals surface area contributed by atoms with Crippen LogP contribution in [0, 0.1) is 17.1 Å². The lowest BCUT2D eigenvalue weighted by Crippen LogP contribution is -2.17. The smallest absolute Gasteiger partial charge is 0.125 e. The number of halogens is 1. The van der Waals surface area contributed by atoms with Crippen LogP contribution in [0.25, 0.3) is 0 Å². The summed E-state index contributed by atoms with van der Waals surface area (Å²) in [4.78, 5) is 1.85. The molecule has 1 aromatic rings. The summed E-state index contributed by atoms with van der Waals surface area (Å²) in [6, 6.07) is 8.39. The lowest BCUT2D eigenvalue weighted by molar-refractivity contribution is 0.627. The lowest BCUT2D eigenvalue weighted by atomic mass is 10.3. The Hall–Kier alpha value is -1.56. The molecule has 0 saturated carbocycles. The molecule has 0 N–H and O–H groups in total. The third kappa shape index (κ3) is 2.75. The van der Waals surface area contributed by atoms with E-state index in [1.54, 1.807) is 6.07 Å². The van der Waals surface area contributed by atoms with Crippen molar-refractivity contribution < 1.29 is 4.39 Å². The third-order valence-electron chi connectivity index (χ3n) is 1.81. The highest BCUT2D eigenvalue weighted by molar-refractivity contribution is 5.45. The number of nitrogens with zero attached hydrogens (tertiary/aromatic N) is 2. The Morgan fingerprint density at radius 1 is 1.54 bits per heavy atom. The van der Waals surface area contributed by atoms with Crippen molar-refractivity contribution in [1.82, 2.24) is 0 Å². The van der Waals surface area contributed by atoms with Crippen LogP contribution in [0.2, 0.25) is 0 Å². The van der Waals surface area contributed by atoms with Crippen molar-refractivity contribution in [1.29, 1.82) is 5.26 Å². The van der Waals surface area contributed by atoms with Gasteiger partial charge in [-0.3, -0.25) is 0 Å². The van der Waals surface area contributed by atoms with Crippen LogP contribution in [-0.2, 0) is 0 Å². The number of rotatable bonds is 3. The van der Waals surface area contributed by atoms with Gasteiger partial charge in [0.1, 0.15) is 5.82 Å². The maximum absolute atomic E-state index is 12.8. The topological polar surface area (TPSA) is 27.0 Å². The van der Waals surface area contributed by atoms with Crippen molar-refractivity contribution >= 4 is 5.69 Å². The average molecular weight is 178 g/mol. The van der Waals surface area contributed by atoms with Crippen molar-refractivity contribution in [3.63, 3.8) is 0 Å². The Morgan fingerprint density at radius 3 is 2.92 bits per heavy atom. The summed E-state index contributed by atoms with van der Waals surface area (Å²) in [5.74, 6) is -0.249. The van der Waals surface area contributed by atoms with Gasteiger partial charge in [-0.05, 0) is 18.2 Å². The largest absolute Gasteiger partial charge is 0.373 e. The van der Waals surface area contributed by atoms with E-state index in [0.717, 1.165) is 5.69 Å². The van der Waals surface area contributed by atoms with Crippen LogP contribution >= 0.6 is 0 Å². The summed E-state index contributed by atoms with van der Waals surface area (Å²) in [5.41, 5.74) is 0.801. The number of hydrogen-bond donors (Lipinski definition) is 0. The SMILES string of the molecule is CN(CCC#N)c1cccc(F)c1. The molecule has 0 amide bonds. The van der Waals surface area contributed by atoms with Gasteiger partial charge in [0, 0.05) is 19.3 Å². The minimum absolute atomic E-state index is 0.249. The number of nitriles is 1. The molecule has 0 aliphatic rings. The zero-order valence-electron chi connectivity index (χ0n) is 7.50. The molecule has 68 valence electrons. The molecule has 0 saturated heterocycles. The minimum atomic E-state index is -0.249. The number of hydrogen-bond acceptors (Lipinski definition) is 2. The molecular formula is C10H11FN2. The zero-order valence-corrected chi connectivity index (χ0v) is 7.50. The second kappa shape index (κ2) is 4.46. The fraction of sp³-hybridized carbons (Fsp3) is 0.300. The highest BCUT2D eigenvalue weighted by Crippen LogP contribution is 2.13. The van der Waals surface area contributed by atoms with Crippen molar-refractivity contribution in [3.8, 4) is 6.07 Å². The van der Waals surface area contributed by atoms with Gasteiger partial charge >= 0.3 is 0 Å². The number of benzene rings is 1. The highest BCUT2D eigenvalue weighted by atomic mass is 19.1. The van der Waals surface area contributed by atoms with E-state index in [9.17, 15) is 4.39 Å². The van der Waals surface area contributed by atoms with Crippen LogP contribution in [0.1, 0.15) is 6.42 Å². The molecule has 13 heavy (non-hydrogen) atoms. The molecular weight excluding hydrogens is 167 g/mol. The first-order valence-electron chi connectivity index (χ1n) is 4.07. The van der Waals surface area contributed by atoms with E-state index in [4.69, 9.17) is 5.26 Å². The van der Waals surface area contributed by atoms with Crippen molar-refractivity contribution in [3.05, 3.63) is 30.1 Å². The Bertz CT molecular complexity index is 317. The maximum atomic E-state index is 12.8. The molecule has 0 unspecified atom stereocenters. The van der Waals surface area contributed by atoms with E-state index in [-0.39, 0.29) is 5.82 Å². The van der Waals surface area contributed by atoms with Crippen molar-refractivity contribution in [2.75, 3.05) is 18.5 Å². The second-order valence-electron chi connectivity index (χ2n) is 2.81. The van der Waals surface area contributed by atoms with E-state index < -0.39 is 0 Å². The van der Waals surface area contributed by atoms with E-state index in [1.165, 1.54) is 12.1 Å². The first-order chi connectivity index (χ1) is 6.24. The first-order valence-corrected chi connectivity index (χ1v) is 4.07. The third-order valence-corrected chi connectivity index (χ3v) is 1.81. The molecule has 0 fully saturated rings. The second-order valence-corrected chi connectivity index (χ2v) is 2.81. The van der Waals surface area contributed by atoms with Crippen LogP contribution in [0.15, 0.2) is 24.3 Å². The molecule has 0 aliphatic heterocycles. The van der Waals surface area contributed by atoms with E-state index in [1.807, 2.05) is 24.1 Å². The summed E-state index contributed by atoms with van der Waals surface area (Å²) in [5, 5.41) is 8.37. The highest BCUT2D eigenvalue weighted by Gasteiger charge is 2.00. The zero-order chi connectivity index (χ0) is 9.68. The van der Waals surface area contributed by atoms with Gasteiger partial charge in [-0.1, -0.05) is 6.07 Å². The van der Waals surface area contributed by atoms with Gasteiger partial charge in [0.2, 0.25) is 0 Å². The monoisotopic (exact) mass is 178 g/mol. The minimum Gasteiger partial charge on any atom is -0.373 e. The first kappa shape index (κ1) is 9.53. The predicted octanol–water partition coefficient (Wildman–Crippen LogP) is 2.18. The summed E-state index contributed by atoms with van der Waals surface area (Å²) < 4.78 is 12.8. The fourth-order valence-electron chi connectivity index (χ4n) is 1.06. The van der Waals surface area contributed by atoms with E-state index in [0.29, 0.717) is 13.0 Å². The molecule has 0 radical (unpaired) electrons. The number of anilines is 1. The van der Waals surface area contributed by atoms with Crippen LogP contribution in [0.5, 0.6) is 0 Å². The molecule has 1 aromatic carbocycles. The van der Waals surface area contributed by atoms with Gasteiger partial charge in [0.25, 0.3) is 0 Å². The van der Waals surface area contributed by atoms with Gasteiger partial charge in [-0.15, -0.1) is 0 Å². The Balaban J connectivity index is 2.66. The van der Waals surface area contributed by atoms with E-state index in [2.05, 4.69) is 0 Å². The van der Waals surface area contributed by atoms with Crippen LogP contribution in [-0.4, -0.2) is 13.6 Å². The van der Waals surface area contributed by atoms with Crippen LogP contribution in [0.4, 0.5) is 10.1 Å². The molecule has 1 rings (SSSR count). The Morgan fingerprint density at radius 2 is 2.31 bits per heavy atom. The summed E-state index contributed by atoms with van der Waals surface area (Å²) in [6.45, 7) is 0.625. The standard InChI is InChI=1S/C10H11FN2/c1-13(7-3-6-12)10-5-2-4-9(11)8-10/h2,4-5,8H,3,7H2,1H3. The predicted molar refractivity (Wildman–Crippen MR) is 49.9 cm³/mol.